The third-order valence-corrected chi connectivity index (χ3v) is 3.59. The number of aliphatic hydroxyl groups excluding tert-OH is 1. The first-order valence-electron chi connectivity index (χ1n) is 6.82. The fourth-order valence-corrected chi connectivity index (χ4v) is 2.38. The van der Waals surface area contributed by atoms with E-state index in [0.717, 1.165) is 0 Å². The van der Waals surface area contributed by atoms with Gasteiger partial charge in [-0.25, -0.2) is 0 Å². The van der Waals surface area contributed by atoms with Crippen molar-refractivity contribution >= 4 is 0 Å². The van der Waals surface area contributed by atoms with Crippen LogP contribution in [0.3, 0.4) is 0 Å². The molecule has 1 aromatic carbocycles. The molecular formula is C16H18O5. The van der Waals surface area contributed by atoms with Crippen LogP contribution in [0.2, 0.25) is 0 Å². The summed E-state index contributed by atoms with van der Waals surface area (Å²) in [6.45, 7) is 2.87. The minimum atomic E-state index is -0.869. The van der Waals surface area contributed by atoms with Crippen molar-refractivity contribution in [2.24, 2.45) is 0 Å². The van der Waals surface area contributed by atoms with Gasteiger partial charge in [0.15, 0.2) is 5.76 Å². The van der Waals surface area contributed by atoms with Gasteiger partial charge in [0.1, 0.15) is 17.6 Å². The zero-order valence-electron chi connectivity index (χ0n) is 12.0. The quantitative estimate of drug-likeness (QED) is 0.937. The van der Waals surface area contributed by atoms with E-state index >= 15 is 0 Å². The lowest BCUT2D eigenvalue weighted by molar-refractivity contribution is -0.163. The van der Waals surface area contributed by atoms with E-state index in [1.54, 1.807) is 32.2 Å². The number of hydrogen-bond donors (Lipinski definition) is 1. The molecular weight excluding hydrogens is 272 g/mol. The molecule has 1 unspecified atom stereocenters. The van der Waals surface area contributed by atoms with Gasteiger partial charge >= 0.3 is 0 Å². The van der Waals surface area contributed by atoms with Crippen molar-refractivity contribution in [3.63, 3.8) is 0 Å². The minimum absolute atomic E-state index is 0.443. The molecule has 5 heteroatoms. The monoisotopic (exact) mass is 290 g/mol. The Bertz CT molecular complexity index is 613. The van der Waals surface area contributed by atoms with Gasteiger partial charge in [0.05, 0.1) is 20.3 Å². The molecule has 0 saturated carbocycles. The smallest absolute Gasteiger partial charge is 0.225 e. The second-order valence-electron chi connectivity index (χ2n) is 5.02. The number of benzene rings is 1. The molecule has 1 fully saturated rings. The Hall–Kier alpha value is -1.82. The number of furan rings is 1. The SMILES string of the molecule is COc1cccc(C(O)c2ccc(C3(C)OCCO3)o2)c1. The van der Waals surface area contributed by atoms with Gasteiger partial charge in [0, 0.05) is 0 Å². The summed E-state index contributed by atoms with van der Waals surface area (Å²) in [4.78, 5) is 0. The highest BCUT2D eigenvalue weighted by Crippen LogP contribution is 2.34. The van der Waals surface area contributed by atoms with Crippen LogP contribution in [-0.2, 0) is 15.3 Å². The average molecular weight is 290 g/mol. The van der Waals surface area contributed by atoms with Gasteiger partial charge in [0.25, 0.3) is 0 Å². The molecule has 1 aliphatic rings. The van der Waals surface area contributed by atoms with Crippen LogP contribution in [0.25, 0.3) is 0 Å². The number of hydrogen-bond acceptors (Lipinski definition) is 5. The largest absolute Gasteiger partial charge is 0.497 e. The molecule has 2 heterocycles. The summed E-state index contributed by atoms with van der Waals surface area (Å²) >= 11 is 0. The third-order valence-electron chi connectivity index (χ3n) is 3.59. The van der Waals surface area contributed by atoms with E-state index in [4.69, 9.17) is 18.6 Å². The standard InChI is InChI=1S/C16H18O5/c1-16(19-8-9-20-16)14-7-6-13(21-14)15(17)11-4-3-5-12(10-11)18-2/h3-7,10,15,17H,8-9H2,1-2H3. The van der Waals surface area contributed by atoms with Crippen molar-refractivity contribution in [2.45, 2.75) is 18.8 Å². The second-order valence-corrected chi connectivity index (χ2v) is 5.02. The number of aliphatic hydroxyl groups is 1. The lowest BCUT2D eigenvalue weighted by Crippen LogP contribution is -2.21. The molecule has 1 N–H and O–H groups in total. The summed E-state index contributed by atoms with van der Waals surface area (Å²) in [7, 11) is 1.59. The van der Waals surface area contributed by atoms with Crippen LogP contribution < -0.4 is 4.74 Å². The molecule has 2 aromatic rings. The number of methoxy groups -OCH3 is 1. The normalized spacial score (nSPS) is 18.6. The summed E-state index contributed by atoms with van der Waals surface area (Å²) < 4.78 is 22.0. The van der Waals surface area contributed by atoms with Crippen molar-refractivity contribution in [3.8, 4) is 5.75 Å². The molecule has 1 atom stereocenters. The van der Waals surface area contributed by atoms with Gasteiger partial charge in [-0.05, 0) is 36.8 Å². The number of ether oxygens (including phenoxy) is 3. The minimum Gasteiger partial charge on any atom is -0.497 e. The molecule has 1 saturated heterocycles. The summed E-state index contributed by atoms with van der Waals surface area (Å²) in [6, 6.07) is 10.7. The van der Waals surface area contributed by atoms with Crippen LogP contribution in [0.15, 0.2) is 40.8 Å². The molecule has 1 aliphatic heterocycles. The van der Waals surface area contributed by atoms with E-state index in [1.807, 2.05) is 18.2 Å². The molecule has 112 valence electrons. The fraction of sp³-hybridized carbons (Fsp3) is 0.375. The first-order chi connectivity index (χ1) is 10.1. The predicted octanol–water partition coefficient (Wildman–Crippen LogP) is 2.59. The molecule has 0 spiro atoms. The Morgan fingerprint density at radius 2 is 1.95 bits per heavy atom. The highest BCUT2D eigenvalue weighted by molar-refractivity contribution is 5.33. The van der Waals surface area contributed by atoms with Crippen molar-refractivity contribution < 1.29 is 23.7 Å². The van der Waals surface area contributed by atoms with Crippen molar-refractivity contribution in [2.75, 3.05) is 20.3 Å². The van der Waals surface area contributed by atoms with Gasteiger partial charge in [-0.15, -0.1) is 0 Å². The Kier molecular flexibility index (Phi) is 3.71. The van der Waals surface area contributed by atoms with E-state index < -0.39 is 11.9 Å². The molecule has 0 radical (unpaired) electrons. The Morgan fingerprint density at radius 1 is 1.19 bits per heavy atom. The van der Waals surface area contributed by atoms with E-state index in [0.29, 0.717) is 36.0 Å². The molecule has 0 bridgehead atoms. The number of rotatable bonds is 4. The van der Waals surface area contributed by atoms with Crippen LogP contribution in [0.1, 0.15) is 30.1 Å². The highest BCUT2D eigenvalue weighted by Gasteiger charge is 2.37. The highest BCUT2D eigenvalue weighted by atomic mass is 16.7. The van der Waals surface area contributed by atoms with Crippen LogP contribution in [0.4, 0.5) is 0 Å². The summed E-state index contributed by atoms with van der Waals surface area (Å²) in [5, 5.41) is 10.4. The molecule has 0 aliphatic carbocycles. The topological polar surface area (TPSA) is 61.1 Å². The Balaban J connectivity index is 1.85. The molecule has 5 nitrogen and oxygen atoms in total. The lowest BCUT2D eigenvalue weighted by Gasteiger charge is -2.19. The van der Waals surface area contributed by atoms with E-state index in [1.165, 1.54) is 0 Å². The van der Waals surface area contributed by atoms with Gasteiger partial charge in [-0.3, -0.25) is 0 Å². The van der Waals surface area contributed by atoms with E-state index in [-0.39, 0.29) is 0 Å². The first-order valence-corrected chi connectivity index (χ1v) is 6.82. The third kappa shape index (κ3) is 2.68. The zero-order valence-corrected chi connectivity index (χ0v) is 12.0. The summed E-state index contributed by atoms with van der Waals surface area (Å²) in [6.07, 6.45) is -0.862. The van der Waals surface area contributed by atoms with Gasteiger partial charge in [0.2, 0.25) is 5.79 Å². The van der Waals surface area contributed by atoms with Gasteiger partial charge in [-0.1, -0.05) is 12.1 Å². The van der Waals surface area contributed by atoms with Gasteiger partial charge < -0.3 is 23.7 Å². The Labute approximate surface area is 123 Å². The van der Waals surface area contributed by atoms with Crippen molar-refractivity contribution in [3.05, 3.63) is 53.5 Å². The molecule has 21 heavy (non-hydrogen) atoms. The predicted molar refractivity (Wildman–Crippen MR) is 75.0 cm³/mol. The van der Waals surface area contributed by atoms with Gasteiger partial charge in [-0.2, -0.15) is 0 Å². The van der Waals surface area contributed by atoms with E-state index in [2.05, 4.69) is 0 Å². The molecule has 3 rings (SSSR count). The molecule has 0 amide bonds. The maximum atomic E-state index is 10.4. The first kappa shape index (κ1) is 14.1. The summed E-state index contributed by atoms with van der Waals surface area (Å²) in [5.41, 5.74) is 0.702. The van der Waals surface area contributed by atoms with Crippen molar-refractivity contribution in [1.82, 2.24) is 0 Å². The lowest BCUT2D eigenvalue weighted by atomic mass is 10.1. The fourth-order valence-electron chi connectivity index (χ4n) is 2.38. The van der Waals surface area contributed by atoms with Crippen LogP contribution in [-0.4, -0.2) is 25.4 Å². The zero-order chi connectivity index (χ0) is 14.9. The van der Waals surface area contributed by atoms with Crippen LogP contribution in [0.5, 0.6) is 5.75 Å². The van der Waals surface area contributed by atoms with Crippen LogP contribution >= 0.6 is 0 Å². The molecule has 1 aromatic heterocycles. The van der Waals surface area contributed by atoms with Crippen LogP contribution in [0, 0.1) is 0 Å². The average Bonchev–Trinajstić information content (AvgIpc) is 3.16. The second kappa shape index (κ2) is 5.52. The van der Waals surface area contributed by atoms with Crippen molar-refractivity contribution in [1.29, 1.82) is 0 Å². The Morgan fingerprint density at radius 3 is 2.67 bits per heavy atom. The maximum Gasteiger partial charge on any atom is 0.225 e. The maximum absolute atomic E-state index is 10.4. The summed E-state index contributed by atoms with van der Waals surface area (Å²) in [5.74, 6) is 0.815. The van der Waals surface area contributed by atoms with E-state index in [9.17, 15) is 5.11 Å².